The van der Waals surface area contributed by atoms with E-state index in [2.05, 4.69) is 11.9 Å². The molecule has 2 heteroatoms. The Morgan fingerprint density at radius 3 is 3.11 bits per heavy atom. The van der Waals surface area contributed by atoms with Crippen LogP contribution in [-0.4, -0.2) is 36.2 Å². The summed E-state index contributed by atoms with van der Waals surface area (Å²) in [5, 5.41) is 10.6. The molecule has 0 aromatic carbocycles. The first-order valence-electron chi connectivity index (χ1n) is 7.78. The highest BCUT2D eigenvalue weighted by Gasteiger charge is 2.59. The lowest BCUT2D eigenvalue weighted by Gasteiger charge is -2.40. The van der Waals surface area contributed by atoms with Gasteiger partial charge in [0.25, 0.3) is 0 Å². The summed E-state index contributed by atoms with van der Waals surface area (Å²) in [4.78, 5) is 2.46. The van der Waals surface area contributed by atoms with Gasteiger partial charge in [-0.2, -0.15) is 0 Å². The summed E-state index contributed by atoms with van der Waals surface area (Å²) in [6.45, 7) is 2.37. The first-order valence-corrected chi connectivity index (χ1v) is 7.78. The predicted molar refractivity (Wildman–Crippen MR) is 72.3 cm³/mol. The summed E-state index contributed by atoms with van der Waals surface area (Å²) < 4.78 is 0. The lowest BCUT2D eigenvalue weighted by molar-refractivity contribution is 0.0770. The zero-order chi connectivity index (χ0) is 12.3. The minimum Gasteiger partial charge on any atom is -0.392 e. The number of rotatable bonds is 0. The van der Waals surface area contributed by atoms with Crippen molar-refractivity contribution < 1.29 is 5.11 Å². The number of aliphatic hydroxyl groups excluding tert-OH is 1. The lowest BCUT2D eigenvalue weighted by Crippen LogP contribution is -2.34. The SMILES string of the molecule is CN1CCC2=C(C1)C[C@]13CCCC[C@H]1C[C@H](O)[C@H]23. The third-order valence-electron chi connectivity index (χ3n) is 6.38. The summed E-state index contributed by atoms with van der Waals surface area (Å²) in [5.41, 5.74) is 3.89. The van der Waals surface area contributed by atoms with Crippen molar-refractivity contribution >= 4 is 0 Å². The van der Waals surface area contributed by atoms with Crippen LogP contribution in [0.1, 0.15) is 44.9 Å². The molecule has 0 radical (unpaired) electrons. The van der Waals surface area contributed by atoms with E-state index < -0.39 is 0 Å². The van der Waals surface area contributed by atoms with Crippen LogP contribution in [0.5, 0.6) is 0 Å². The van der Waals surface area contributed by atoms with E-state index in [0.29, 0.717) is 11.3 Å². The molecule has 0 saturated heterocycles. The Labute approximate surface area is 110 Å². The minimum absolute atomic E-state index is 0.0241. The molecule has 2 saturated carbocycles. The first-order chi connectivity index (χ1) is 8.71. The average molecular weight is 247 g/mol. The van der Waals surface area contributed by atoms with Crippen molar-refractivity contribution in [3.8, 4) is 0 Å². The average Bonchev–Trinajstić information content (AvgIpc) is 2.79. The molecule has 4 aliphatic rings. The van der Waals surface area contributed by atoms with E-state index >= 15 is 0 Å². The number of aliphatic hydroxyl groups is 1. The van der Waals surface area contributed by atoms with Gasteiger partial charge in [0, 0.05) is 19.0 Å². The van der Waals surface area contributed by atoms with Gasteiger partial charge in [0.1, 0.15) is 0 Å². The highest BCUT2D eigenvalue weighted by Crippen LogP contribution is 2.65. The van der Waals surface area contributed by atoms with Crippen molar-refractivity contribution in [3.05, 3.63) is 11.1 Å². The van der Waals surface area contributed by atoms with Crippen molar-refractivity contribution in [3.63, 3.8) is 0 Å². The molecule has 2 nitrogen and oxygen atoms in total. The van der Waals surface area contributed by atoms with E-state index in [1.54, 1.807) is 11.1 Å². The van der Waals surface area contributed by atoms with Crippen LogP contribution in [0, 0.1) is 17.3 Å². The van der Waals surface area contributed by atoms with Gasteiger partial charge in [-0.1, -0.05) is 24.0 Å². The van der Waals surface area contributed by atoms with Crippen molar-refractivity contribution in [1.82, 2.24) is 4.90 Å². The van der Waals surface area contributed by atoms with E-state index in [-0.39, 0.29) is 6.10 Å². The van der Waals surface area contributed by atoms with Crippen molar-refractivity contribution in [2.24, 2.45) is 17.3 Å². The van der Waals surface area contributed by atoms with Crippen molar-refractivity contribution in [2.45, 2.75) is 51.0 Å². The van der Waals surface area contributed by atoms with Gasteiger partial charge in [-0.15, -0.1) is 0 Å². The Balaban J connectivity index is 1.73. The van der Waals surface area contributed by atoms with E-state index in [4.69, 9.17) is 0 Å². The topological polar surface area (TPSA) is 23.5 Å². The van der Waals surface area contributed by atoms with Crippen LogP contribution in [-0.2, 0) is 0 Å². The standard InChI is InChI=1S/C16H25NO/c1-17-7-5-13-11(10-17)9-16-6-3-2-4-12(16)8-14(18)15(13)16/h12,14-15,18H,2-10H2,1H3/t12-,14-,15-,16+/m0/s1. The maximum atomic E-state index is 10.6. The third kappa shape index (κ3) is 1.36. The summed E-state index contributed by atoms with van der Waals surface area (Å²) in [6, 6.07) is 0. The Morgan fingerprint density at radius 1 is 1.33 bits per heavy atom. The molecule has 4 rings (SSSR count). The minimum atomic E-state index is -0.0241. The molecule has 3 aliphatic carbocycles. The summed E-state index contributed by atoms with van der Waals surface area (Å²) >= 11 is 0. The molecule has 0 amide bonds. The molecule has 18 heavy (non-hydrogen) atoms. The number of nitrogens with zero attached hydrogens (tertiary/aromatic N) is 1. The van der Waals surface area contributed by atoms with E-state index in [1.165, 1.54) is 51.6 Å². The molecule has 1 N–H and O–H groups in total. The van der Waals surface area contributed by atoms with Gasteiger partial charge in [0.05, 0.1) is 6.10 Å². The Bertz CT molecular complexity index is 402. The van der Waals surface area contributed by atoms with Gasteiger partial charge in [-0.05, 0) is 50.5 Å². The molecule has 1 heterocycles. The molecule has 2 fully saturated rings. The Morgan fingerprint density at radius 2 is 2.22 bits per heavy atom. The number of hydrogen-bond donors (Lipinski definition) is 1. The van der Waals surface area contributed by atoms with E-state index in [0.717, 1.165) is 12.3 Å². The van der Waals surface area contributed by atoms with Gasteiger partial charge in [-0.25, -0.2) is 0 Å². The summed E-state index contributed by atoms with van der Waals surface area (Å²) in [7, 11) is 2.24. The molecule has 0 unspecified atom stereocenters. The van der Waals surface area contributed by atoms with Crippen LogP contribution in [0.15, 0.2) is 11.1 Å². The molecule has 1 spiro atoms. The molecule has 0 aromatic rings. The van der Waals surface area contributed by atoms with Crippen LogP contribution in [0.3, 0.4) is 0 Å². The zero-order valence-corrected chi connectivity index (χ0v) is 11.5. The molecule has 0 aromatic heterocycles. The fourth-order valence-electron chi connectivity index (χ4n) is 5.77. The Kier molecular flexibility index (Phi) is 2.44. The van der Waals surface area contributed by atoms with Crippen LogP contribution in [0.25, 0.3) is 0 Å². The van der Waals surface area contributed by atoms with Crippen LogP contribution in [0.4, 0.5) is 0 Å². The molecule has 100 valence electrons. The maximum absolute atomic E-state index is 10.6. The van der Waals surface area contributed by atoms with Crippen LogP contribution < -0.4 is 0 Å². The highest BCUT2D eigenvalue weighted by atomic mass is 16.3. The van der Waals surface area contributed by atoms with Gasteiger partial charge >= 0.3 is 0 Å². The highest BCUT2D eigenvalue weighted by molar-refractivity contribution is 5.35. The van der Waals surface area contributed by atoms with Crippen LogP contribution in [0.2, 0.25) is 0 Å². The van der Waals surface area contributed by atoms with Gasteiger partial charge in [0.15, 0.2) is 0 Å². The van der Waals surface area contributed by atoms with Crippen molar-refractivity contribution in [2.75, 3.05) is 20.1 Å². The largest absolute Gasteiger partial charge is 0.392 e. The lowest BCUT2D eigenvalue weighted by atomic mass is 9.64. The first kappa shape index (κ1) is 11.5. The number of likely N-dealkylation sites (N-methyl/N-ethyl adjacent to an activating group) is 1. The molecular formula is C16H25NO. The molecular weight excluding hydrogens is 222 g/mol. The Hall–Kier alpha value is -0.340. The van der Waals surface area contributed by atoms with Crippen LogP contribution >= 0.6 is 0 Å². The number of hydrogen-bond acceptors (Lipinski definition) is 2. The second-order valence-electron chi connectivity index (χ2n) is 7.25. The van der Waals surface area contributed by atoms with Gasteiger partial charge in [0.2, 0.25) is 0 Å². The van der Waals surface area contributed by atoms with Gasteiger partial charge < -0.3 is 10.0 Å². The predicted octanol–water partition coefficient (Wildman–Crippen LogP) is 2.58. The third-order valence-corrected chi connectivity index (χ3v) is 6.38. The molecule has 0 bridgehead atoms. The fraction of sp³-hybridized carbons (Fsp3) is 0.875. The quantitative estimate of drug-likeness (QED) is 0.665. The second kappa shape index (κ2) is 3.83. The molecule has 4 atom stereocenters. The smallest absolute Gasteiger partial charge is 0.0614 e. The second-order valence-corrected chi connectivity index (χ2v) is 7.25. The zero-order valence-electron chi connectivity index (χ0n) is 11.5. The van der Waals surface area contributed by atoms with Crippen molar-refractivity contribution in [1.29, 1.82) is 0 Å². The normalized spacial score (nSPS) is 48.0. The monoisotopic (exact) mass is 247 g/mol. The van der Waals surface area contributed by atoms with E-state index in [9.17, 15) is 5.11 Å². The fourth-order valence-corrected chi connectivity index (χ4v) is 5.77. The van der Waals surface area contributed by atoms with Gasteiger partial charge in [-0.3, -0.25) is 0 Å². The van der Waals surface area contributed by atoms with E-state index in [1.807, 2.05) is 0 Å². The summed E-state index contributed by atoms with van der Waals surface area (Å²) in [6.07, 6.45) is 9.18. The maximum Gasteiger partial charge on any atom is 0.0614 e. The number of fused-ring (bicyclic) bond motifs is 1. The molecule has 1 aliphatic heterocycles. The summed E-state index contributed by atoms with van der Waals surface area (Å²) in [5.74, 6) is 1.37.